The van der Waals surface area contributed by atoms with Gasteiger partial charge in [0, 0.05) is 26.7 Å². The Morgan fingerprint density at radius 3 is 2.42 bits per heavy atom. The third-order valence-corrected chi connectivity index (χ3v) is 8.15. The Bertz CT molecular complexity index is 558. The number of sulfone groups is 1. The second kappa shape index (κ2) is 10.5. The fourth-order valence-corrected chi connectivity index (χ4v) is 4.97. The van der Waals surface area contributed by atoms with Crippen LogP contribution in [0, 0.1) is 5.92 Å². The first-order valence-electron chi connectivity index (χ1n) is 9.65. The van der Waals surface area contributed by atoms with Crippen molar-refractivity contribution in [1.29, 1.82) is 0 Å². The topological polar surface area (TPSA) is 65.0 Å². The maximum Gasteiger partial charge on any atom is 0.193 e. The van der Waals surface area contributed by atoms with E-state index >= 15 is 0 Å². The molecular formula is C18H37IN4O2S. The fourth-order valence-electron chi connectivity index (χ4n) is 3.60. The molecule has 0 aliphatic carbocycles. The number of piperidine rings is 1. The highest BCUT2D eigenvalue weighted by molar-refractivity contribution is 14.0. The maximum atomic E-state index is 12.1. The number of unbranched alkanes of at least 4 members (excludes halogenated alkanes) is 1. The fraction of sp³-hybridized carbons (Fsp3) is 0.944. The Balaban J connectivity index is 0.00000338. The van der Waals surface area contributed by atoms with Crippen LogP contribution in [0.15, 0.2) is 4.99 Å². The summed E-state index contributed by atoms with van der Waals surface area (Å²) in [5.41, 5.74) is 0. The van der Waals surface area contributed by atoms with Gasteiger partial charge in [-0.2, -0.15) is 0 Å². The minimum Gasteiger partial charge on any atom is -0.356 e. The molecule has 2 saturated heterocycles. The molecule has 2 rings (SSSR count). The van der Waals surface area contributed by atoms with Crippen LogP contribution in [0.5, 0.6) is 0 Å². The minimum atomic E-state index is -3.01. The quantitative estimate of drug-likeness (QED) is 0.272. The van der Waals surface area contributed by atoms with Crippen molar-refractivity contribution in [2.24, 2.45) is 10.9 Å². The molecule has 1 N–H and O–H groups in total. The monoisotopic (exact) mass is 500 g/mol. The first-order valence-corrected chi connectivity index (χ1v) is 11.3. The van der Waals surface area contributed by atoms with Gasteiger partial charge in [0.05, 0.1) is 10.5 Å². The van der Waals surface area contributed by atoms with Crippen LogP contribution in [0.1, 0.15) is 46.5 Å². The highest BCUT2D eigenvalue weighted by Gasteiger charge is 2.40. The van der Waals surface area contributed by atoms with E-state index in [4.69, 9.17) is 0 Å². The normalized spacial score (nSPS) is 24.2. The summed E-state index contributed by atoms with van der Waals surface area (Å²) in [5, 5.41) is 3.41. The summed E-state index contributed by atoms with van der Waals surface area (Å²) in [6.07, 6.45) is 4.97. The van der Waals surface area contributed by atoms with Crippen molar-refractivity contribution in [3.05, 3.63) is 0 Å². The first-order chi connectivity index (χ1) is 11.7. The van der Waals surface area contributed by atoms with Crippen LogP contribution in [0.3, 0.4) is 0 Å². The molecule has 0 radical (unpaired) electrons. The Kier molecular flexibility index (Phi) is 9.63. The van der Waals surface area contributed by atoms with Crippen molar-refractivity contribution in [3.63, 3.8) is 0 Å². The van der Waals surface area contributed by atoms with Gasteiger partial charge >= 0.3 is 0 Å². The molecule has 0 aromatic rings. The average molecular weight is 500 g/mol. The van der Waals surface area contributed by atoms with Crippen LogP contribution in [0.25, 0.3) is 0 Å². The summed E-state index contributed by atoms with van der Waals surface area (Å²) in [6.45, 7) is 11.5. The lowest BCUT2D eigenvalue weighted by Crippen LogP contribution is -2.57. The van der Waals surface area contributed by atoms with Crippen LogP contribution in [-0.2, 0) is 9.84 Å². The van der Waals surface area contributed by atoms with Crippen LogP contribution in [0.2, 0.25) is 0 Å². The molecule has 0 unspecified atom stereocenters. The van der Waals surface area contributed by atoms with Gasteiger partial charge in [0.15, 0.2) is 15.8 Å². The van der Waals surface area contributed by atoms with Crippen molar-refractivity contribution in [1.82, 2.24) is 15.1 Å². The van der Waals surface area contributed by atoms with Crippen molar-refractivity contribution in [2.45, 2.75) is 51.2 Å². The predicted molar refractivity (Wildman–Crippen MR) is 120 cm³/mol. The van der Waals surface area contributed by atoms with E-state index in [1.807, 2.05) is 0 Å². The Morgan fingerprint density at radius 2 is 1.85 bits per heavy atom. The highest BCUT2D eigenvalue weighted by Crippen LogP contribution is 2.23. The van der Waals surface area contributed by atoms with E-state index in [1.165, 1.54) is 38.9 Å². The van der Waals surface area contributed by atoms with Crippen LogP contribution in [-0.4, -0.2) is 81.0 Å². The van der Waals surface area contributed by atoms with Crippen LogP contribution >= 0.6 is 24.0 Å². The summed E-state index contributed by atoms with van der Waals surface area (Å²) < 4.78 is 23.6. The molecule has 26 heavy (non-hydrogen) atoms. The third-order valence-electron chi connectivity index (χ3n) is 5.62. The Hall–Kier alpha value is -0.0900. The molecule has 2 heterocycles. The minimum absolute atomic E-state index is 0. The molecule has 0 atom stereocenters. The van der Waals surface area contributed by atoms with E-state index in [0.717, 1.165) is 24.8 Å². The largest absolute Gasteiger partial charge is 0.356 e. The summed E-state index contributed by atoms with van der Waals surface area (Å²) >= 11 is 0. The molecule has 0 bridgehead atoms. The molecule has 6 nitrogen and oxygen atoms in total. The molecule has 8 heteroatoms. The zero-order chi connectivity index (χ0) is 18.5. The van der Waals surface area contributed by atoms with Crippen molar-refractivity contribution in [3.8, 4) is 0 Å². The van der Waals surface area contributed by atoms with E-state index in [2.05, 4.69) is 27.0 Å². The number of hydrogen-bond donors (Lipinski definition) is 1. The van der Waals surface area contributed by atoms with Crippen LogP contribution in [0.4, 0.5) is 0 Å². The number of nitrogens with one attached hydrogen (secondary N) is 1. The van der Waals surface area contributed by atoms with E-state index in [1.54, 1.807) is 20.9 Å². The number of nitrogens with zero attached hydrogens (tertiary/aromatic N) is 3. The van der Waals surface area contributed by atoms with E-state index in [0.29, 0.717) is 13.1 Å². The van der Waals surface area contributed by atoms with Gasteiger partial charge in [-0.05, 0) is 65.1 Å². The van der Waals surface area contributed by atoms with Gasteiger partial charge in [0.2, 0.25) is 0 Å². The summed E-state index contributed by atoms with van der Waals surface area (Å²) in [4.78, 5) is 9.00. The molecule has 0 amide bonds. The van der Waals surface area contributed by atoms with Crippen LogP contribution < -0.4 is 5.32 Å². The zero-order valence-corrected chi connectivity index (χ0v) is 20.0. The molecule has 2 aliphatic rings. The summed E-state index contributed by atoms with van der Waals surface area (Å²) in [5.74, 6) is 1.92. The van der Waals surface area contributed by atoms with Gasteiger partial charge in [0.25, 0.3) is 0 Å². The second-order valence-corrected chi connectivity index (χ2v) is 10.9. The van der Waals surface area contributed by atoms with Gasteiger partial charge < -0.3 is 15.1 Å². The Morgan fingerprint density at radius 1 is 1.19 bits per heavy atom. The predicted octanol–water partition coefficient (Wildman–Crippen LogP) is 2.20. The number of aliphatic imine (C=N–C) groups is 1. The molecule has 0 aromatic heterocycles. The van der Waals surface area contributed by atoms with E-state index in [-0.39, 0.29) is 29.7 Å². The molecule has 0 saturated carbocycles. The van der Waals surface area contributed by atoms with E-state index in [9.17, 15) is 8.42 Å². The SMILES string of the molecule is CN=C(NCCCCN1CCC(C)CC1)N1CCS(=O)(=O)C(C)(C)C1.I. The lowest BCUT2D eigenvalue weighted by molar-refractivity contribution is 0.189. The van der Waals surface area contributed by atoms with E-state index < -0.39 is 14.6 Å². The lowest BCUT2D eigenvalue weighted by atomic mass is 9.99. The number of halogens is 1. The first kappa shape index (κ1) is 23.9. The standard InChI is InChI=1S/C18H36N4O2S.HI/c1-16-7-11-21(12-8-16)10-6-5-9-20-17(19-4)22-13-14-25(23,24)18(2,3)15-22;/h16H,5-15H2,1-4H3,(H,19,20);1H. The van der Waals surface area contributed by atoms with Gasteiger partial charge in [-0.3, -0.25) is 4.99 Å². The smallest absolute Gasteiger partial charge is 0.193 e. The molecule has 2 aliphatic heterocycles. The summed E-state index contributed by atoms with van der Waals surface area (Å²) in [7, 11) is -1.24. The molecule has 2 fully saturated rings. The van der Waals surface area contributed by atoms with Gasteiger partial charge in [-0.15, -0.1) is 24.0 Å². The molecular weight excluding hydrogens is 463 g/mol. The molecule has 154 valence electrons. The molecule has 0 spiro atoms. The molecule has 0 aromatic carbocycles. The van der Waals surface area contributed by atoms with Crippen molar-refractivity contribution in [2.75, 3.05) is 52.1 Å². The second-order valence-electron chi connectivity index (χ2n) is 8.21. The van der Waals surface area contributed by atoms with Gasteiger partial charge in [-0.25, -0.2) is 8.42 Å². The number of rotatable bonds is 5. The van der Waals surface area contributed by atoms with Crippen molar-refractivity contribution < 1.29 is 8.42 Å². The van der Waals surface area contributed by atoms with Crippen molar-refractivity contribution >= 4 is 39.8 Å². The highest BCUT2D eigenvalue weighted by atomic mass is 127. The van der Waals surface area contributed by atoms with Gasteiger partial charge in [0.1, 0.15) is 0 Å². The number of hydrogen-bond acceptors (Lipinski definition) is 4. The average Bonchev–Trinajstić information content (AvgIpc) is 2.55. The lowest BCUT2D eigenvalue weighted by Gasteiger charge is -2.39. The van der Waals surface area contributed by atoms with Gasteiger partial charge in [-0.1, -0.05) is 6.92 Å². The number of guanidine groups is 1. The number of likely N-dealkylation sites (tertiary alicyclic amines) is 1. The Labute approximate surface area is 177 Å². The maximum absolute atomic E-state index is 12.1. The third kappa shape index (κ3) is 6.51. The zero-order valence-electron chi connectivity index (χ0n) is 16.8. The summed E-state index contributed by atoms with van der Waals surface area (Å²) in [6, 6.07) is 0.